The van der Waals surface area contributed by atoms with E-state index < -0.39 is 0 Å². The highest BCUT2D eigenvalue weighted by atomic mass is 35.5. The van der Waals surface area contributed by atoms with Gasteiger partial charge in [0, 0.05) is 16.3 Å². The van der Waals surface area contributed by atoms with E-state index >= 15 is 0 Å². The number of anilines is 1. The predicted molar refractivity (Wildman–Crippen MR) is 74.9 cm³/mol. The number of hydrogen-bond acceptors (Lipinski definition) is 3. The lowest BCUT2D eigenvalue weighted by molar-refractivity contribution is 1.02. The molecule has 2 rings (SSSR count). The summed E-state index contributed by atoms with van der Waals surface area (Å²) in [6.45, 7) is 4.20. The fraction of sp³-hybridized carbons (Fsp3) is 0.308. The number of nitrogens with two attached hydrogens (primary N) is 1. The molecule has 0 aliphatic carbocycles. The fourth-order valence-electron chi connectivity index (χ4n) is 1.82. The van der Waals surface area contributed by atoms with Crippen molar-refractivity contribution in [3.8, 4) is 0 Å². The van der Waals surface area contributed by atoms with Crippen molar-refractivity contribution >= 4 is 28.1 Å². The van der Waals surface area contributed by atoms with E-state index in [1.54, 1.807) is 11.3 Å². The Balaban J connectivity index is 2.33. The third-order valence-electron chi connectivity index (χ3n) is 2.79. The molecule has 0 spiro atoms. The minimum Gasteiger partial charge on any atom is -0.375 e. The Morgan fingerprint density at radius 2 is 2.18 bits per heavy atom. The molecule has 0 unspecified atom stereocenters. The van der Waals surface area contributed by atoms with Gasteiger partial charge >= 0.3 is 0 Å². The SMILES string of the molecule is CCc1nc(N)sc1Cc1cc(Cl)ccc1C. The number of thiazole rings is 1. The number of halogens is 1. The summed E-state index contributed by atoms with van der Waals surface area (Å²) >= 11 is 7.60. The number of aromatic nitrogens is 1. The van der Waals surface area contributed by atoms with E-state index in [1.165, 1.54) is 16.0 Å². The monoisotopic (exact) mass is 266 g/mol. The Bertz CT molecular complexity index is 534. The highest BCUT2D eigenvalue weighted by molar-refractivity contribution is 7.15. The maximum absolute atomic E-state index is 6.03. The van der Waals surface area contributed by atoms with Crippen LogP contribution < -0.4 is 5.73 Å². The lowest BCUT2D eigenvalue weighted by Gasteiger charge is -2.05. The summed E-state index contributed by atoms with van der Waals surface area (Å²) in [4.78, 5) is 5.59. The van der Waals surface area contributed by atoms with Gasteiger partial charge in [-0.3, -0.25) is 0 Å². The van der Waals surface area contributed by atoms with E-state index in [-0.39, 0.29) is 0 Å². The second kappa shape index (κ2) is 5.07. The van der Waals surface area contributed by atoms with Gasteiger partial charge in [0.05, 0.1) is 5.69 Å². The Kier molecular flexibility index (Phi) is 3.69. The van der Waals surface area contributed by atoms with Crippen LogP contribution in [0.15, 0.2) is 18.2 Å². The van der Waals surface area contributed by atoms with Crippen LogP contribution in [0.1, 0.15) is 28.6 Å². The van der Waals surface area contributed by atoms with Gasteiger partial charge in [-0.05, 0) is 36.6 Å². The van der Waals surface area contributed by atoms with Gasteiger partial charge < -0.3 is 5.73 Å². The van der Waals surface area contributed by atoms with E-state index in [0.717, 1.165) is 23.6 Å². The van der Waals surface area contributed by atoms with Crippen molar-refractivity contribution in [2.75, 3.05) is 5.73 Å². The molecule has 0 fully saturated rings. The molecule has 1 aromatic carbocycles. The van der Waals surface area contributed by atoms with Crippen molar-refractivity contribution in [1.29, 1.82) is 0 Å². The van der Waals surface area contributed by atoms with E-state index in [9.17, 15) is 0 Å². The third kappa shape index (κ3) is 2.79. The molecular formula is C13H15ClN2S. The lowest BCUT2D eigenvalue weighted by Crippen LogP contribution is -1.93. The topological polar surface area (TPSA) is 38.9 Å². The van der Waals surface area contributed by atoms with Gasteiger partial charge in [0.25, 0.3) is 0 Å². The minimum absolute atomic E-state index is 0.650. The molecule has 0 saturated heterocycles. The van der Waals surface area contributed by atoms with Gasteiger partial charge in [-0.25, -0.2) is 4.98 Å². The van der Waals surface area contributed by atoms with E-state index in [2.05, 4.69) is 18.8 Å². The molecule has 0 bridgehead atoms. The van der Waals surface area contributed by atoms with Gasteiger partial charge in [-0.2, -0.15) is 0 Å². The third-order valence-corrected chi connectivity index (χ3v) is 3.95. The number of nitrogens with zero attached hydrogens (tertiary/aromatic N) is 1. The second-order valence-corrected chi connectivity index (χ2v) is 5.57. The molecule has 0 atom stereocenters. The molecule has 2 nitrogen and oxygen atoms in total. The zero-order valence-electron chi connectivity index (χ0n) is 9.96. The standard InChI is InChI=1S/C13H15ClN2S/c1-3-11-12(17-13(15)16-11)7-9-6-10(14)5-4-8(9)2/h4-6H,3,7H2,1-2H3,(H2,15,16). The van der Waals surface area contributed by atoms with Crippen molar-refractivity contribution < 1.29 is 0 Å². The number of hydrogen-bond donors (Lipinski definition) is 1. The summed E-state index contributed by atoms with van der Waals surface area (Å²) in [5.74, 6) is 0. The zero-order valence-corrected chi connectivity index (χ0v) is 11.5. The first kappa shape index (κ1) is 12.4. The van der Waals surface area contributed by atoms with Crippen molar-refractivity contribution in [3.05, 3.63) is 44.9 Å². The summed E-state index contributed by atoms with van der Waals surface area (Å²) in [7, 11) is 0. The maximum atomic E-state index is 6.03. The second-order valence-electron chi connectivity index (χ2n) is 4.02. The van der Waals surface area contributed by atoms with Crippen LogP contribution in [0.5, 0.6) is 0 Å². The first-order valence-corrected chi connectivity index (χ1v) is 6.78. The number of rotatable bonds is 3. The molecule has 2 aromatic rings. The molecule has 1 aromatic heterocycles. The van der Waals surface area contributed by atoms with Gasteiger partial charge in [0.15, 0.2) is 5.13 Å². The average molecular weight is 267 g/mol. The van der Waals surface area contributed by atoms with Crippen LogP contribution in [0, 0.1) is 6.92 Å². The van der Waals surface area contributed by atoms with Crippen LogP contribution in [0.3, 0.4) is 0 Å². The first-order chi connectivity index (χ1) is 8.10. The molecule has 0 amide bonds. The summed E-state index contributed by atoms with van der Waals surface area (Å²) in [6.07, 6.45) is 1.78. The van der Waals surface area contributed by atoms with Gasteiger partial charge in [0.2, 0.25) is 0 Å². The van der Waals surface area contributed by atoms with Crippen molar-refractivity contribution in [3.63, 3.8) is 0 Å². The fourth-order valence-corrected chi connectivity index (χ4v) is 2.96. The first-order valence-electron chi connectivity index (χ1n) is 5.59. The molecule has 1 heterocycles. The Morgan fingerprint density at radius 1 is 1.41 bits per heavy atom. The molecule has 2 N–H and O–H groups in total. The summed E-state index contributed by atoms with van der Waals surface area (Å²) in [5.41, 5.74) is 9.36. The molecule has 0 aliphatic heterocycles. The Morgan fingerprint density at radius 3 is 2.88 bits per heavy atom. The quantitative estimate of drug-likeness (QED) is 0.917. The predicted octanol–water partition coefficient (Wildman–Crippen LogP) is 3.84. The average Bonchev–Trinajstić information content (AvgIpc) is 2.64. The molecule has 17 heavy (non-hydrogen) atoms. The summed E-state index contributed by atoms with van der Waals surface area (Å²) < 4.78 is 0. The van der Waals surface area contributed by atoms with Gasteiger partial charge in [-0.15, -0.1) is 11.3 Å². The summed E-state index contributed by atoms with van der Waals surface area (Å²) in [6, 6.07) is 5.99. The molecule has 0 saturated carbocycles. The van der Waals surface area contributed by atoms with Crippen molar-refractivity contribution in [2.45, 2.75) is 26.7 Å². The van der Waals surface area contributed by atoms with Crippen LogP contribution in [-0.2, 0) is 12.8 Å². The maximum Gasteiger partial charge on any atom is 0.180 e. The lowest BCUT2D eigenvalue weighted by atomic mass is 10.0. The molecule has 0 radical (unpaired) electrons. The van der Waals surface area contributed by atoms with Crippen LogP contribution in [0.2, 0.25) is 5.02 Å². The molecule has 0 aliphatic rings. The highest BCUT2D eigenvalue weighted by Crippen LogP contribution is 2.26. The Labute approximate surface area is 110 Å². The van der Waals surface area contributed by atoms with E-state index in [0.29, 0.717) is 5.13 Å². The van der Waals surface area contributed by atoms with Crippen molar-refractivity contribution in [2.24, 2.45) is 0 Å². The van der Waals surface area contributed by atoms with Crippen molar-refractivity contribution in [1.82, 2.24) is 4.98 Å². The number of nitrogen functional groups attached to an aromatic ring is 1. The number of aryl methyl sites for hydroxylation is 2. The van der Waals surface area contributed by atoms with Gasteiger partial charge in [0.1, 0.15) is 0 Å². The van der Waals surface area contributed by atoms with Gasteiger partial charge in [-0.1, -0.05) is 24.6 Å². The van der Waals surface area contributed by atoms with Crippen LogP contribution in [0.25, 0.3) is 0 Å². The largest absolute Gasteiger partial charge is 0.375 e. The minimum atomic E-state index is 0.650. The van der Waals surface area contributed by atoms with E-state index in [1.807, 2.05) is 18.2 Å². The van der Waals surface area contributed by atoms with E-state index in [4.69, 9.17) is 17.3 Å². The van der Waals surface area contributed by atoms with Crippen LogP contribution in [0.4, 0.5) is 5.13 Å². The molecular weight excluding hydrogens is 252 g/mol. The smallest absolute Gasteiger partial charge is 0.180 e. The highest BCUT2D eigenvalue weighted by Gasteiger charge is 2.10. The molecule has 4 heteroatoms. The van der Waals surface area contributed by atoms with Crippen LogP contribution >= 0.6 is 22.9 Å². The Hall–Kier alpha value is -1.06. The summed E-state index contributed by atoms with van der Waals surface area (Å²) in [5, 5.41) is 1.43. The number of benzene rings is 1. The molecule has 90 valence electrons. The normalized spacial score (nSPS) is 10.8. The zero-order chi connectivity index (χ0) is 12.4. The van der Waals surface area contributed by atoms with Crippen LogP contribution in [-0.4, -0.2) is 4.98 Å².